The zero-order valence-corrected chi connectivity index (χ0v) is 12.2. The van der Waals surface area contributed by atoms with Gasteiger partial charge in [0.05, 0.1) is 6.04 Å². The molecule has 1 heterocycles. The number of aryl methyl sites for hydroxylation is 1. The first-order chi connectivity index (χ1) is 9.29. The molecule has 0 aliphatic heterocycles. The molecule has 0 aliphatic carbocycles. The van der Waals surface area contributed by atoms with Gasteiger partial charge in [0.15, 0.2) is 0 Å². The molecule has 0 aliphatic rings. The molecular weight excluding hydrogens is 256 g/mol. The van der Waals surface area contributed by atoms with E-state index in [1.807, 2.05) is 36.5 Å². The molecule has 1 aromatic carbocycles. The summed E-state index contributed by atoms with van der Waals surface area (Å²) in [6.45, 7) is 5.78. The lowest BCUT2D eigenvalue weighted by Crippen LogP contribution is -2.24. The summed E-state index contributed by atoms with van der Waals surface area (Å²) in [7, 11) is 0. The standard InChI is InChI=1S/C15H20N2OS/c1-3-14-11-17-15(19-14)12(2)16-9-10-18-13-7-5-4-6-8-13/h4-8,11-12,16H,3,9-10H2,1-2H3. The number of thiazole rings is 1. The van der Waals surface area contributed by atoms with Gasteiger partial charge in [0.1, 0.15) is 17.4 Å². The molecule has 0 saturated heterocycles. The maximum absolute atomic E-state index is 5.64. The van der Waals surface area contributed by atoms with Gasteiger partial charge in [-0.05, 0) is 25.5 Å². The molecule has 4 heteroatoms. The van der Waals surface area contributed by atoms with Crippen LogP contribution in [0.2, 0.25) is 0 Å². The van der Waals surface area contributed by atoms with Gasteiger partial charge in [-0.2, -0.15) is 0 Å². The van der Waals surface area contributed by atoms with E-state index < -0.39 is 0 Å². The quantitative estimate of drug-likeness (QED) is 0.787. The Morgan fingerprint density at radius 3 is 2.79 bits per heavy atom. The van der Waals surface area contributed by atoms with Crippen molar-refractivity contribution in [3.63, 3.8) is 0 Å². The van der Waals surface area contributed by atoms with Crippen molar-refractivity contribution in [2.24, 2.45) is 0 Å². The number of nitrogens with one attached hydrogen (secondary N) is 1. The Balaban J connectivity index is 1.70. The zero-order chi connectivity index (χ0) is 13.5. The molecular formula is C15H20N2OS. The van der Waals surface area contributed by atoms with Crippen molar-refractivity contribution in [2.75, 3.05) is 13.2 Å². The largest absolute Gasteiger partial charge is 0.492 e. The Morgan fingerprint density at radius 2 is 2.11 bits per heavy atom. The van der Waals surface area contributed by atoms with Crippen LogP contribution < -0.4 is 10.1 Å². The third-order valence-corrected chi connectivity index (χ3v) is 4.18. The van der Waals surface area contributed by atoms with Crippen LogP contribution in [0.25, 0.3) is 0 Å². The van der Waals surface area contributed by atoms with E-state index in [1.54, 1.807) is 11.3 Å². The van der Waals surface area contributed by atoms with Crippen LogP contribution in [0.3, 0.4) is 0 Å². The molecule has 2 rings (SSSR count). The maximum Gasteiger partial charge on any atom is 0.119 e. The van der Waals surface area contributed by atoms with E-state index in [9.17, 15) is 0 Å². The molecule has 2 aromatic rings. The van der Waals surface area contributed by atoms with Crippen LogP contribution in [0, 0.1) is 0 Å². The van der Waals surface area contributed by atoms with Crippen molar-refractivity contribution in [3.05, 3.63) is 46.4 Å². The lowest BCUT2D eigenvalue weighted by Gasteiger charge is -2.11. The Kier molecular flexibility index (Phi) is 5.36. The highest BCUT2D eigenvalue weighted by Gasteiger charge is 2.08. The molecule has 0 saturated carbocycles. The lowest BCUT2D eigenvalue weighted by atomic mass is 10.3. The van der Waals surface area contributed by atoms with Gasteiger partial charge in [0, 0.05) is 17.6 Å². The highest BCUT2D eigenvalue weighted by atomic mass is 32.1. The first kappa shape index (κ1) is 14.0. The predicted molar refractivity (Wildman–Crippen MR) is 79.8 cm³/mol. The van der Waals surface area contributed by atoms with E-state index in [2.05, 4.69) is 24.1 Å². The fraction of sp³-hybridized carbons (Fsp3) is 0.400. The van der Waals surface area contributed by atoms with Crippen LogP contribution >= 0.6 is 11.3 Å². The average molecular weight is 276 g/mol. The topological polar surface area (TPSA) is 34.2 Å². The number of rotatable bonds is 7. The number of hydrogen-bond donors (Lipinski definition) is 1. The molecule has 1 unspecified atom stereocenters. The second-order valence-electron chi connectivity index (χ2n) is 4.36. The van der Waals surface area contributed by atoms with Gasteiger partial charge in [-0.1, -0.05) is 25.1 Å². The molecule has 3 nitrogen and oxygen atoms in total. The van der Waals surface area contributed by atoms with Crippen molar-refractivity contribution in [1.82, 2.24) is 10.3 Å². The fourth-order valence-electron chi connectivity index (χ4n) is 1.73. The minimum atomic E-state index is 0.282. The molecule has 0 radical (unpaired) electrons. The van der Waals surface area contributed by atoms with Crippen molar-refractivity contribution in [2.45, 2.75) is 26.3 Å². The van der Waals surface area contributed by atoms with Gasteiger partial charge < -0.3 is 10.1 Å². The summed E-state index contributed by atoms with van der Waals surface area (Å²) >= 11 is 1.78. The number of hydrogen-bond acceptors (Lipinski definition) is 4. The van der Waals surface area contributed by atoms with Gasteiger partial charge in [0.25, 0.3) is 0 Å². The minimum absolute atomic E-state index is 0.282. The normalized spacial score (nSPS) is 12.3. The lowest BCUT2D eigenvalue weighted by molar-refractivity contribution is 0.307. The second kappa shape index (κ2) is 7.26. The van der Waals surface area contributed by atoms with E-state index in [0.717, 1.165) is 23.7 Å². The summed E-state index contributed by atoms with van der Waals surface area (Å²) in [4.78, 5) is 5.78. The molecule has 1 N–H and O–H groups in total. The van der Waals surface area contributed by atoms with Crippen molar-refractivity contribution < 1.29 is 4.74 Å². The van der Waals surface area contributed by atoms with Crippen molar-refractivity contribution in [1.29, 1.82) is 0 Å². The molecule has 0 amide bonds. The Morgan fingerprint density at radius 1 is 1.32 bits per heavy atom. The summed E-state index contributed by atoms with van der Waals surface area (Å²) in [6, 6.07) is 10.2. The van der Waals surface area contributed by atoms with Gasteiger partial charge in [-0.15, -0.1) is 11.3 Å². The van der Waals surface area contributed by atoms with Crippen LogP contribution in [0.15, 0.2) is 36.5 Å². The number of aromatic nitrogens is 1. The number of benzene rings is 1. The van der Waals surface area contributed by atoms with E-state index in [1.165, 1.54) is 4.88 Å². The smallest absolute Gasteiger partial charge is 0.119 e. The Labute approximate surface area is 118 Å². The summed E-state index contributed by atoms with van der Waals surface area (Å²) in [5.74, 6) is 0.916. The number of nitrogens with zero attached hydrogens (tertiary/aromatic N) is 1. The SMILES string of the molecule is CCc1cnc(C(C)NCCOc2ccccc2)s1. The van der Waals surface area contributed by atoms with E-state index in [4.69, 9.17) is 4.74 Å². The molecule has 1 aromatic heterocycles. The van der Waals surface area contributed by atoms with Crippen LogP contribution in [-0.2, 0) is 6.42 Å². The van der Waals surface area contributed by atoms with E-state index >= 15 is 0 Å². The molecule has 0 fully saturated rings. The van der Waals surface area contributed by atoms with E-state index in [0.29, 0.717) is 6.61 Å². The van der Waals surface area contributed by atoms with Crippen molar-refractivity contribution >= 4 is 11.3 Å². The van der Waals surface area contributed by atoms with Crippen molar-refractivity contribution in [3.8, 4) is 5.75 Å². The molecule has 102 valence electrons. The minimum Gasteiger partial charge on any atom is -0.492 e. The third kappa shape index (κ3) is 4.33. The van der Waals surface area contributed by atoms with Crippen LogP contribution in [-0.4, -0.2) is 18.1 Å². The van der Waals surface area contributed by atoms with Crippen LogP contribution in [0.4, 0.5) is 0 Å². The fourth-order valence-corrected chi connectivity index (χ4v) is 2.62. The Hall–Kier alpha value is -1.39. The van der Waals surface area contributed by atoms with Crippen LogP contribution in [0.1, 0.15) is 29.8 Å². The van der Waals surface area contributed by atoms with Gasteiger partial charge in [-0.25, -0.2) is 4.98 Å². The maximum atomic E-state index is 5.64. The highest BCUT2D eigenvalue weighted by Crippen LogP contribution is 2.19. The highest BCUT2D eigenvalue weighted by molar-refractivity contribution is 7.11. The molecule has 1 atom stereocenters. The Bertz CT molecular complexity index is 484. The van der Waals surface area contributed by atoms with Gasteiger partial charge >= 0.3 is 0 Å². The van der Waals surface area contributed by atoms with Crippen LogP contribution in [0.5, 0.6) is 5.75 Å². The van der Waals surface area contributed by atoms with Gasteiger partial charge in [0.2, 0.25) is 0 Å². The zero-order valence-electron chi connectivity index (χ0n) is 11.4. The van der Waals surface area contributed by atoms with E-state index in [-0.39, 0.29) is 6.04 Å². The number of ether oxygens (including phenoxy) is 1. The summed E-state index contributed by atoms with van der Waals surface area (Å²) in [6.07, 6.45) is 3.03. The number of para-hydroxylation sites is 1. The third-order valence-electron chi connectivity index (χ3n) is 2.85. The predicted octanol–water partition coefficient (Wildman–Crippen LogP) is 3.44. The molecule has 19 heavy (non-hydrogen) atoms. The first-order valence-corrected chi connectivity index (χ1v) is 7.47. The summed E-state index contributed by atoms with van der Waals surface area (Å²) in [5.41, 5.74) is 0. The molecule has 0 spiro atoms. The monoisotopic (exact) mass is 276 g/mol. The second-order valence-corrected chi connectivity index (χ2v) is 5.50. The summed E-state index contributed by atoms with van der Waals surface area (Å²) < 4.78 is 5.64. The summed E-state index contributed by atoms with van der Waals surface area (Å²) in [5, 5.41) is 4.58. The van der Waals surface area contributed by atoms with Gasteiger partial charge in [-0.3, -0.25) is 0 Å². The average Bonchev–Trinajstić information content (AvgIpc) is 2.93. The first-order valence-electron chi connectivity index (χ1n) is 6.65. The molecule has 0 bridgehead atoms.